The largest absolute Gasteiger partial charge is 0.469 e. The van der Waals surface area contributed by atoms with Crippen molar-refractivity contribution in [2.45, 2.75) is 19.2 Å². The van der Waals surface area contributed by atoms with Crippen molar-refractivity contribution in [3.8, 4) is 5.88 Å². The highest BCUT2D eigenvalue weighted by Crippen LogP contribution is 2.33. The minimum atomic E-state index is 0.0524. The smallest absolute Gasteiger partial charge is 0.239 e. The lowest BCUT2D eigenvalue weighted by Crippen LogP contribution is -2.54. The van der Waals surface area contributed by atoms with Crippen LogP contribution in [-0.2, 0) is 13.1 Å². The van der Waals surface area contributed by atoms with Crippen LogP contribution < -0.4 is 20.3 Å². The van der Waals surface area contributed by atoms with Crippen molar-refractivity contribution in [2.75, 3.05) is 35.2 Å². The van der Waals surface area contributed by atoms with Gasteiger partial charge in [-0.3, -0.25) is 0 Å². The van der Waals surface area contributed by atoms with Gasteiger partial charge < -0.3 is 24.8 Å². The Bertz CT molecular complexity index is 1250. The quantitative estimate of drug-likeness (QED) is 0.551. The van der Waals surface area contributed by atoms with Gasteiger partial charge >= 0.3 is 0 Å². The molecule has 0 saturated carbocycles. The molecule has 31 heavy (non-hydrogen) atoms. The minimum absolute atomic E-state index is 0.0524. The second kappa shape index (κ2) is 7.16. The summed E-state index contributed by atoms with van der Waals surface area (Å²) in [7, 11) is 0. The molecule has 0 radical (unpaired) electrons. The molecule has 156 valence electrons. The van der Waals surface area contributed by atoms with Crippen LogP contribution in [0.4, 0.5) is 17.3 Å². The molecular weight excluding hydrogens is 390 g/mol. The number of benzene rings is 1. The zero-order chi connectivity index (χ0) is 20.8. The fraction of sp³-hybridized carbons (Fsp3) is 0.261. The normalized spacial score (nSPS) is 16.3. The molecule has 1 fully saturated rings. The first-order chi connectivity index (χ1) is 15.2. The van der Waals surface area contributed by atoms with Gasteiger partial charge in [0.25, 0.3) is 0 Å². The summed E-state index contributed by atoms with van der Waals surface area (Å²) < 4.78 is 8.48. The van der Waals surface area contributed by atoms with Crippen LogP contribution in [0, 0.1) is 0 Å². The van der Waals surface area contributed by atoms with E-state index in [1.54, 1.807) is 0 Å². The first-order valence-electron chi connectivity index (χ1n) is 10.5. The number of pyridine rings is 2. The van der Waals surface area contributed by atoms with Crippen molar-refractivity contribution in [1.29, 1.82) is 0 Å². The monoisotopic (exact) mass is 413 g/mol. The standard InChI is InChI=1S/C23H23N7O/c24-21-6-5-20(28-7-8-29-15-25-11-18(29)12-28)23(27-21)31-19-13-30(14-19)22-9-16-3-1-2-4-17(16)10-26-22/h1-6,9-11,15,19H,7-8,12-14H2,(H2,24,27). The van der Waals surface area contributed by atoms with E-state index in [-0.39, 0.29) is 6.10 Å². The number of hydrogen-bond acceptors (Lipinski definition) is 7. The zero-order valence-corrected chi connectivity index (χ0v) is 17.1. The summed E-state index contributed by atoms with van der Waals surface area (Å²) in [5.41, 5.74) is 8.14. The van der Waals surface area contributed by atoms with Crippen molar-refractivity contribution in [1.82, 2.24) is 19.5 Å². The second-order valence-corrected chi connectivity index (χ2v) is 8.09. The van der Waals surface area contributed by atoms with Gasteiger partial charge in [-0.25, -0.2) is 9.97 Å². The number of aromatic nitrogens is 4. The molecule has 1 aromatic carbocycles. The molecule has 2 aliphatic heterocycles. The number of nitrogens with zero attached hydrogens (tertiary/aromatic N) is 6. The number of imidazole rings is 1. The van der Waals surface area contributed by atoms with Gasteiger partial charge in [-0.2, -0.15) is 4.98 Å². The number of nitrogens with two attached hydrogens (primary N) is 1. The van der Waals surface area contributed by atoms with Gasteiger partial charge in [-0.1, -0.05) is 24.3 Å². The molecule has 8 heteroatoms. The van der Waals surface area contributed by atoms with Crippen LogP contribution in [0.15, 0.2) is 61.2 Å². The van der Waals surface area contributed by atoms with Gasteiger partial charge in [0.15, 0.2) is 0 Å². The van der Waals surface area contributed by atoms with Crippen LogP contribution in [0.3, 0.4) is 0 Å². The number of nitrogen functional groups attached to an aromatic ring is 1. The van der Waals surface area contributed by atoms with Crippen molar-refractivity contribution in [2.24, 2.45) is 0 Å². The molecule has 6 rings (SSSR count). The lowest BCUT2D eigenvalue weighted by atomic mass is 10.1. The van der Waals surface area contributed by atoms with Gasteiger partial charge in [-0.05, 0) is 23.6 Å². The molecule has 0 bridgehead atoms. The number of fused-ring (bicyclic) bond motifs is 2. The second-order valence-electron chi connectivity index (χ2n) is 8.09. The van der Waals surface area contributed by atoms with Crippen molar-refractivity contribution < 1.29 is 4.74 Å². The number of ether oxygens (including phenoxy) is 1. The van der Waals surface area contributed by atoms with Gasteiger partial charge in [0.05, 0.1) is 31.7 Å². The Balaban J connectivity index is 1.17. The van der Waals surface area contributed by atoms with E-state index in [0.717, 1.165) is 49.6 Å². The van der Waals surface area contributed by atoms with E-state index >= 15 is 0 Å². The lowest BCUT2D eigenvalue weighted by molar-refractivity contribution is 0.160. The van der Waals surface area contributed by atoms with Crippen molar-refractivity contribution in [3.63, 3.8) is 0 Å². The fourth-order valence-electron chi connectivity index (χ4n) is 4.27. The fourth-order valence-corrected chi connectivity index (χ4v) is 4.27. The van der Waals surface area contributed by atoms with Gasteiger partial charge in [0.1, 0.15) is 23.4 Å². The molecule has 0 amide bonds. The average molecular weight is 413 g/mol. The topological polar surface area (TPSA) is 85.3 Å². The van der Waals surface area contributed by atoms with Gasteiger partial charge in [0, 0.05) is 30.9 Å². The summed E-state index contributed by atoms with van der Waals surface area (Å²) in [6.07, 6.45) is 5.78. The van der Waals surface area contributed by atoms with E-state index in [2.05, 4.69) is 53.6 Å². The molecule has 0 spiro atoms. The van der Waals surface area contributed by atoms with E-state index in [1.165, 1.54) is 11.1 Å². The first-order valence-corrected chi connectivity index (χ1v) is 10.5. The lowest BCUT2D eigenvalue weighted by Gasteiger charge is -2.40. The summed E-state index contributed by atoms with van der Waals surface area (Å²) >= 11 is 0. The Hall–Kier alpha value is -3.81. The maximum Gasteiger partial charge on any atom is 0.239 e. The molecule has 0 unspecified atom stereocenters. The third kappa shape index (κ3) is 3.30. The predicted molar refractivity (Wildman–Crippen MR) is 120 cm³/mol. The molecular formula is C23H23N7O. The van der Waals surface area contributed by atoms with E-state index in [1.807, 2.05) is 36.9 Å². The third-order valence-electron chi connectivity index (χ3n) is 6.03. The van der Waals surface area contributed by atoms with Crippen LogP contribution in [0.1, 0.15) is 5.69 Å². The highest BCUT2D eigenvalue weighted by Gasteiger charge is 2.31. The Morgan fingerprint density at radius 1 is 0.968 bits per heavy atom. The summed E-state index contributed by atoms with van der Waals surface area (Å²) in [5.74, 6) is 2.04. The maximum atomic E-state index is 6.30. The van der Waals surface area contributed by atoms with Crippen LogP contribution in [-0.4, -0.2) is 45.3 Å². The molecule has 4 aromatic rings. The maximum absolute atomic E-state index is 6.30. The Labute approximate surface area is 179 Å². The van der Waals surface area contributed by atoms with Crippen LogP contribution in [0.5, 0.6) is 5.88 Å². The van der Waals surface area contributed by atoms with E-state index in [9.17, 15) is 0 Å². The molecule has 5 heterocycles. The average Bonchev–Trinajstić information content (AvgIpc) is 3.23. The summed E-state index contributed by atoms with van der Waals surface area (Å²) in [4.78, 5) is 17.9. The number of hydrogen-bond donors (Lipinski definition) is 1. The zero-order valence-electron chi connectivity index (χ0n) is 17.1. The van der Waals surface area contributed by atoms with Crippen molar-refractivity contribution in [3.05, 3.63) is 66.9 Å². The molecule has 2 aliphatic rings. The molecule has 0 atom stereocenters. The van der Waals surface area contributed by atoms with E-state index < -0.39 is 0 Å². The SMILES string of the molecule is Nc1ccc(N2CCn3cncc3C2)c(OC2CN(c3cc4ccccc4cn3)C2)n1. The van der Waals surface area contributed by atoms with Crippen LogP contribution in [0.25, 0.3) is 10.8 Å². The third-order valence-corrected chi connectivity index (χ3v) is 6.03. The molecule has 1 saturated heterocycles. The Kier molecular flexibility index (Phi) is 4.15. The van der Waals surface area contributed by atoms with Gasteiger partial charge in [-0.15, -0.1) is 0 Å². The summed E-state index contributed by atoms with van der Waals surface area (Å²) in [6.45, 7) is 4.09. The summed E-state index contributed by atoms with van der Waals surface area (Å²) in [6, 6.07) is 14.2. The van der Waals surface area contributed by atoms with E-state index in [4.69, 9.17) is 10.5 Å². The highest BCUT2D eigenvalue weighted by atomic mass is 16.5. The molecule has 2 N–H and O–H groups in total. The summed E-state index contributed by atoms with van der Waals surface area (Å²) in [5, 5.41) is 2.34. The molecule has 3 aromatic heterocycles. The predicted octanol–water partition coefficient (Wildman–Crippen LogP) is 2.70. The molecule has 0 aliphatic carbocycles. The van der Waals surface area contributed by atoms with Crippen molar-refractivity contribution >= 4 is 28.1 Å². The minimum Gasteiger partial charge on any atom is -0.469 e. The van der Waals surface area contributed by atoms with Gasteiger partial charge in [0.2, 0.25) is 5.88 Å². The first kappa shape index (κ1) is 18.0. The van der Waals surface area contributed by atoms with Crippen LogP contribution in [0.2, 0.25) is 0 Å². The van der Waals surface area contributed by atoms with Crippen LogP contribution >= 0.6 is 0 Å². The van der Waals surface area contributed by atoms with E-state index in [0.29, 0.717) is 11.7 Å². The number of anilines is 3. The highest BCUT2D eigenvalue weighted by molar-refractivity contribution is 5.84. The molecule has 8 nitrogen and oxygen atoms in total. The Morgan fingerprint density at radius 2 is 1.84 bits per heavy atom. The number of rotatable bonds is 4. The Morgan fingerprint density at radius 3 is 2.74 bits per heavy atom.